The number of nitrogen functional groups attached to an aromatic ring is 1. The van der Waals surface area contributed by atoms with Crippen LogP contribution in [0.2, 0.25) is 0 Å². The van der Waals surface area contributed by atoms with Crippen molar-refractivity contribution in [2.45, 2.75) is 25.8 Å². The minimum absolute atomic E-state index is 0.359. The van der Waals surface area contributed by atoms with Gasteiger partial charge in [0, 0.05) is 23.2 Å². The summed E-state index contributed by atoms with van der Waals surface area (Å²) in [7, 11) is 0. The summed E-state index contributed by atoms with van der Waals surface area (Å²) in [4.78, 5) is 23.8. The fourth-order valence-electron chi connectivity index (χ4n) is 3.34. The van der Waals surface area contributed by atoms with Crippen LogP contribution in [0, 0.1) is 0 Å². The van der Waals surface area contributed by atoms with Gasteiger partial charge in [-0.05, 0) is 62.3 Å². The molecule has 3 aromatic rings. The third-order valence-electron chi connectivity index (χ3n) is 4.79. The van der Waals surface area contributed by atoms with Gasteiger partial charge in [-0.15, -0.1) is 11.3 Å². The monoisotopic (exact) mass is 408 g/mol. The van der Waals surface area contributed by atoms with Crippen LogP contribution in [0.1, 0.15) is 25.0 Å². The Kier molecular flexibility index (Phi) is 6.02. The number of urea groups is 1. The number of nitrogens with zero attached hydrogens (tertiary/aromatic N) is 3. The standard InChI is InChI=1S/C21H24N6OS/c22-16-9-7-15(8-10-16)20-24-19(14-29-20)26-21(28)25-18-6-4-5-17(23-18)13-27-11-2-1-3-12-27/h4-10,14H,1-3,11-13,22H2,(H2,23,25,26,28). The summed E-state index contributed by atoms with van der Waals surface area (Å²) >= 11 is 1.46. The van der Waals surface area contributed by atoms with Gasteiger partial charge in [0.15, 0.2) is 0 Å². The van der Waals surface area contributed by atoms with Crippen LogP contribution in [0.3, 0.4) is 0 Å². The first-order valence-electron chi connectivity index (χ1n) is 9.73. The van der Waals surface area contributed by atoms with Crippen LogP contribution in [-0.4, -0.2) is 34.0 Å². The van der Waals surface area contributed by atoms with E-state index in [1.54, 1.807) is 6.07 Å². The zero-order valence-corrected chi connectivity index (χ0v) is 16.9. The van der Waals surface area contributed by atoms with Crippen LogP contribution < -0.4 is 16.4 Å². The smallest absolute Gasteiger partial charge is 0.326 e. The molecule has 1 saturated heterocycles. The molecular weight excluding hydrogens is 384 g/mol. The molecule has 1 fully saturated rings. The summed E-state index contributed by atoms with van der Waals surface area (Å²) in [5.41, 5.74) is 8.35. The average molecular weight is 409 g/mol. The number of benzene rings is 1. The fourth-order valence-corrected chi connectivity index (χ4v) is 4.10. The molecule has 29 heavy (non-hydrogen) atoms. The number of likely N-dealkylation sites (tertiary alicyclic amines) is 1. The summed E-state index contributed by atoms with van der Waals surface area (Å²) in [6.45, 7) is 3.04. The fraction of sp³-hybridized carbons (Fsp3) is 0.286. The Balaban J connectivity index is 1.35. The number of aromatic nitrogens is 2. The van der Waals surface area contributed by atoms with Crippen molar-refractivity contribution in [3.63, 3.8) is 0 Å². The van der Waals surface area contributed by atoms with Crippen LogP contribution in [0.25, 0.3) is 10.6 Å². The molecule has 4 N–H and O–H groups in total. The predicted octanol–water partition coefficient (Wildman–Crippen LogP) is 4.42. The van der Waals surface area contributed by atoms with Crippen molar-refractivity contribution in [3.8, 4) is 10.6 Å². The van der Waals surface area contributed by atoms with Crippen molar-refractivity contribution in [3.05, 3.63) is 53.5 Å². The first-order chi connectivity index (χ1) is 14.2. The highest BCUT2D eigenvalue weighted by atomic mass is 32.1. The van der Waals surface area contributed by atoms with E-state index in [9.17, 15) is 4.79 Å². The number of carbonyl (C=O) groups is 1. The van der Waals surface area contributed by atoms with Crippen molar-refractivity contribution in [1.82, 2.24) is 14.9 Å². The van der Waals surface area contributed by atoms with Crippen molar-refractivity contribution >= 4 is 34.7 Å². The lowest BCUT2D eigenvalue weighted by Crippen LogP contribution is -2.29. The molecule has 0 atom stereocenters. The second-order valence-corrected chi connectivity index (χ2v) is 7.95. The Morgan fingerprint density at radius 2 is 1.76 bits per heavy atom. The van der Waals surface area contributed by atoms with Crippen LogP contribution in [0.15, 0.2) is 47.8 Å². The van der Waals surface area contributed by atoms with E-state index in [4.69, 9.17) is 5.73 Å². The molecule has 0 bridgehead atoms. The van der Waals surface area contributed by atoms with Crippen molar-refractivity contribution < 1.29 is 4.79 Å². The summed E-state index contributed by atoms with van der Waals surface area (Å²) < 4.78 is 0. The molecule has 7 nitrogen and oxygen atoms in total. The number of pyridine rings is 1. The summed E-state index contributed by atoms with van der Waals surface area (Å²) in [6, 6.07) is 12.8. The number of rotatable bonds is 5. The zero-order chi connectivity index (χ0) is 20.1. The third-order valence-corrected chi connectivity index (χ3v) is 5.68. The lowest BCUT2D eigenvalue weighted by molar-refractivity contribution is 0.218. The Labute approximate surface area is 174 Å². The second-order valence-electron chi connectivity index (χ2n) is 7.09. The van der Waals surface area contributed by atoms with Gasteiger partial charge >= 0.3 is 6.03 Å². The van der Waals surface area contributed by atoms with Crippen molar-refractivity contribution in [1.29, 1.82) is 0 Å². The maximum atomic E-state index is 12.3. The molecule has 4 rings (SSSR count). The van der Waals surface area contributed by atoms with E-state index >= 15 is 0 Å². The number of piperidine rings is 1. The average Bonchev–Trinajstić information content (AvgIpc) is 3.18. The molecule has 0 unspecified atom stereocenters. The highest BCUT2D eigenvalue weighted by molar-refractivity contribution is 7.13. The Morgan fingerprint density at radius 1 is 1.00 bits per heavy atom. The second kappa shape index (κ2) is 9.02. The number of hydrogen-bond donors (Lipinski definition) is 3. The topological polar surface area (TPSA) is 96.2 Å². The van der Waals surface area contributed by atoms with Crippen LogP contribution >= 0.6 is 11.3 Å². The van der Waals surface area contributed by atoms with Gasteiger partial charge in [-0.1, -0.05) is 12.5 Å². The van der Waals surface area contributed by atoms with E-state index in [1.165, 1.54) is 30.6 Å². The molecule has 8 heteroatoms. The Bertz CT molecular complexity index is 965. The summed E-state index contributed by atoms with van der Waals surface area (Å²) in [5.74, 6) is 1.04. The molecule has 0 radical (unpaired) electrons. The molecule has 1 aromatic carbocycles. The number of anilines is 3. The van der Waals surface area contributed by atoms with E-state index < -0.39 is 0 Å². The predicted molar refractivity (Wildman–Crippen MR) is 118 cm³/mol. The van der Waals surface area contributed by atoms with Gasteiger partial charge in [0.2, 0.25) is 0 Å². The van der Waals surface area contributed by atoms with Crippen molar-refractivity contribution in [2.75, 3.05) is 29.5 Å². The van der Waals surface area contributed by atoms with Crippen LogP contribution in [-0.2, 0) is 6.54 Å². The number of nitrogens with two attached hydrogens (primary N) is 1. The summed E-state index contributed by atoms with van der Waals surface area (Å²) in [5, 5.41) is 8.19. The first-order valence-corrected chi connectivity index (χ1v) is 10.6. The van der Waals surface area contributed by atoms with Gasteiger partial charge in [0.25, 0.3) is 0 Å². The highest BCUT2D eigenvalue weighted by Crippen LogP contribution is 2.26. The van der Waals surface area contributed by atoms with Gasteiger partial charge in [-0.2, -0.15) is 0 Å². The molecule has 1 aliphatic heterocycles. The summed E-state index contributed by atoms with van der Waals surface area (Å²) in [6.07, 6.45) is 3.79. The van der Waals surface area contributed by atoms with Crippen LogP contribution in [0.4, 0.5) is 22.1 Å². The molecule has 150 valence electrons. The molecule has 3 heterocycles. The molecular formula is C21H24N6OS. The lowest BCUT2D eigenvalue weighted by atomic mass is 10.1. The molecule has 0 spiro atoms. The maximum Gasteiger partial charge on any atom is 0.326 e. The van der Waals surface area contributed by atoms with Crippen LogP contribution in [0.5, 0.6) is 0 Å². The molecule has 2 amide bonds. The van der Waals surface area contributed by atoms with Gasteiger partial charge in [0.1, 0.15) is 16.6 Å². The number of thiazole rings is 1. The van der Waals surface area contributed by atoms with Crippen molar-refractivity contribution in [2.24, 2.45) is 0 Å². The van der Waals surface area contributed by atoms with E-state index in [0.717, 1.165) is 35.9 Å². The number of nitrogens with one attached hydrogen (secondary N) is 2. The minimum Gasteiger partial charge on any atom is -0.399 e. The number of amides is 2. The SMILES string of the molecule is Nc1ccc(-c2nc(NC(=O)Nc3cccc(CN4CCCCC4)n3)cs2)cc1. The third kappa shape index (κ3) is 5.30. The van der Waals surface area contributed by atoms with Gasteiger partial charge in [-0.25, -0.2) is 14.8 Å². The Hall–Kier alpha value is -2.97. The molecule has 2 aromatic heterocycles. The molecule has 1 aliphatic rings. The van der Waals surface area contributed by atoms with E-state index in [1.807, 2.05) is 41.8 Å². The number of hydrogen-bond acceptors (Lipinski definition) is 6. The number of carbonyl (C=O) groups excluding carboxylic acids is 1. The molecule has 0 aliphatic carbocycles. The van der Waals surface area contributed by atoms with E-state index in [0.29, 0.717) is 17.3 Å². The zero-order valence-electron chi connectivity index (χ0n) is 16.1. The largest absolute Gasteiger partial charge is 0.399 e. The van der Waals surface area contributed by atoms with E-state index in [-0.39, 0.29) is 6.03 Å². The highest BCUT2D eigenvalue weighted by Gasteiger charge is 2.12. The normalized spacial score (nSPS) is 14.5. The van der Waals surface area contributed by atoms with Gasteiger partial charge in [0.05, 0.1) is 5.69 Å². The van der Waals surface area contributed by atoms with Gasteiger partial charge < -0.3 is 5.73 Å². The lowest BCUT2D eigenvalue weighted by Gasteiger charge is -2.26. The Morgan fingerprint density at radius 3 is 2.55 bits per heavy atom. The quantitative estimate of drug-likeness (QED) is 0.543. The minimum atomic E-state index is -0.359. The first kappa shape index (κ1) is 19.4. The van der Waals surface area contributed by atoms with Gasteiger partial charge in [-0.3, -0.25) is 15.5 Å². The van der Waals surface area contributed by atoms with E-state index in [2.05, 4.69) is 25.5 Å². The maximum absolute atomic E-state index is 12.3. The molecule has 0 saturated carbocycles.